The van der Waals surface area contributed by atoms with Crippen molar-refractivity contribution in [3.8, 4) is 0 Å². The van der Waals surface area contributed by atoms with Gasteiger partial charge >= 0.3 is 0 Å². The Kier molecular flexibility index (Phi) is 4.73. The minimum absolute atomic E-state index is 0.123. The van der Waals surface area contributed by atoms with Gasteiger partial charge < -0.3 is 10.2 Å². The lowest BCUT2D eigenvalue weighted by molar-refractivity contribution is 0.102. The molecule has 5 rings (SSSR count). The lowest BCUT2D eigenvalue weighted by atomic mass is 10.1. The Morgan fingerprint density at radius 1 is 0.933 bits per heavy atom. The Balaban J connectivity index is 1.35. The SMILES string of the molecule is O=C(Nc1ccccc1N1CCc2ccccc21)c1ccc(Cn2cncn2)cc1. The molecule has 1 N–H and O–H groups in total. The summed E-state index contributed by atoms with van der Waals surface area (Å²) in [6.07, 6.45) is 4.19. The smallest absolute Gasteiger partial charge is 0.255 e. The van der Waals surface area contributed by atoms with E-state index in [1.54, 1.807) is 11.0 Å². The van der Waals surface area contributed by atoms with Crippen molar-refractivity contribution in [3.63, 3.8) is 0 Å². The van der Waals surface area contributed by atoms with Crippen molar-refractivity contribution in [1.82, 2.24) is 14.8 Å². The number of carbonyl (C=O) groups excluding carboxylic acids is 1. The molecule has 0 spiro atoms. The third-order valence-corrected chi connectivity index (χ3v) is 5.36. The molecular weight excluding hydrogens is 374 g/mol. The number of hydrogen-bond acceptors (Lipinski definition) is 4. The Bertz CT molecular complexity index is 1170. The molecule has 148 valence electrons. The Hall–Kier alpha value is -3.93. The molecule has 6 nitrogen and oxygen atoms in total. The van der Waals surface area contributed by atoms with E-state index >= 15 is 0 Å². The predicted octanol–water partition coefficient (Wildman–Crippen LogP) is 4.27. The highest BCUT2D eigenvalue weighted by Gasteiger charge is 2.22. The van der Waals surface area contributed by atoms with Crippen LogP contribution in [0.4, 0.5) is 17.1 Å². The Morgan fingerprint density at radius 2 is 1.70 bits per heavy atom. The molecule has 0 fully saturated rings. The van der Waals surface area contributed by atoms with Gasteiger partial charge in [0.05, 0.1) is 17.9 Å². The Labute approximate surface area is 174 Å². The van der Waals surface area contributed by atoms with Crippen LogP contribution in [-0.4, -0.2) is 27.2 Å². The minimum atomic E-state index is -0.123. The van der Waals surface area contributed by atoms with Crippen molar-refractivity contribution in [1.29, 1.82) is 0 Å². The molecule has 30 heavy (non-hydrogen) atoms. The zero-order chi connectivity index (χ0) is 20.3. The van der Waals surface area contributed by atoms with Gasteiger partial charge in [0.25, 0.3) is 5.91 Å². The van der Waals surface area contributed by atoms with E-state index in [9.17, 15) is 4.79 Å². The summed E-state index contributed by atoms with van der Waals surface area (Å²) in [5, 5.41) is 7.20. The van der Waals surface area contributed by atoms with E-state index in [0.717, 1.165) is 29.9 Å². The first-order chi connectivity index (χ1) is 14.8. The average molecular weight is 395 g/mol. The zero-order valence-electron chi connectivity index (χ0n) is 16.4. The monoisotopic (exact) mass is 395 g/mol. The average Bonchev–Trinajstić information content (AvgIpc) is 3.44. The van der Waals surface area contributed by atoms with Crippen LogP contribution in [-0.2, 0) is 13.0 Å². The maximum absolute atomic E-state index is 12.9. The van der Waals surface area contributed by atoms with Crippen molar-refractivity contribution in [3.05, 3.63) is 102 Å². The van der Waals surface area contributed by atoms with E-state index in [2.05, 4.69) is 50.6 Å². The highest BCUT2D eigenvalue weighted by Crippen LogP contribution is 2.38. The highest BCUT2D eigenvalue weighted by atomic mass is 16.1. The summed E-state index contributed by atoms with van der Waals surface area (Å²) < 4.78 is 1.75. The van der Waals surface area contributed by atoms with Gasteiger partial charge in [0.1, 0.15) is 12.7 Å². The van der Waals surface area contributed by atoms with E-state index in [0.29, 0.717) is 12.1 Å². The van der Waals surface area contributed by atoms with Crippen LogP contribution in [0.2, 0.25) is 0 Å². The summed E-state index contributed by atoms with van der Waals surface area (Å²) in [7, 11) is 0. The van der Waals surface area contributed by atoms with Crippen LogP contribution in [0.3, 0.4) is 0 Å². The van der Waals surface area contributed by atoms with Gasteiger partial charge in [0.2, 0.25) is 0 Å². The summed E-state index contributed by atoms with van der Waals surface area (Å²) in [5.41, 5.74) is 6.04. The number of nitrogens with one attached hydrogen (secondary N) is 1. The molecule has 4 aromatic rings. The van der Waals surface area contributed by atoms with Crippen molar-refractivity contribution < 1.29 is 4.79 Å². The fourth-order valence-corrected chi connectivity index (χ4v) is 3.86. The van der Waals surface area contributed by atoms with Gasteiger partial charge in [-0.1, -0.05) is 42.5 Å². The zero-order valence-corrected chi connectivity index (χ0v) is 16.4. The molecule has 0 saturated heterocycles. The standard InChI is InChI=1S/C24H21N5O/c30-24(20-11-9-18(10-12-20)15-28-17-25-16-26-28)27-21-6-2-4-8-23(21)29-14-13-19-5-1-3-7-22(19)29/h1-12,16-17H,13-15H2,(H,27,30). The summed E-state index contributed by atoms with van der Waals surface area (Å²) in [6.45, 7) is 1.53. The number of rotatable bonds is 5. The number of anilines is 3. The first-order valence-corrected chi connectivity index (χ1v) is 9.95. The lowest BCUT2D eigenvalue weighted by Gasteiger charge is -2.23. The van der Waals surface area contributed by atoms with Crippen LogP contribution in [0.5, 0.6) is 0 Å². The van der Waals surface area contributed by atoms with Crippen LogP contribution >= 0.6 is 0 Å². The second-order valence-corrected chi connectivity index (χ2v) is 7.29. The van der Waals surface area contributed by atoms with Gasteiger partial charge in [-0.15, -0.1) is 0 Å². The second kappa shape index (κ2) is 7.83. The molecule has 2 heterocycles. The number of nitrogens with zero attached hydrogens (tertiary/aromatic N) is 4. The van der Waals surface area contributed by atoms with Crippen molar-refractivity contribution in [2.75, 3.05) is 16.8 Å². The van der Waals surface area contributed by atoms with Crippen molar-refractivity contribution >= 4 is 23.0 Å². The first-order valence-electron chi connectivity index (χ1n) is 9.95. The van der Waals surface area contributed by atoms with Crippen LogP contribution < -0.4 is 10.2 Å². The van der Waals surface area contributed by atoms with Crippen LogP contribution in [0, 0.1) is 0 Å². The number of para-hydroxylation sites is 3. The molecule has 0 atom stereocenters. The van der Waals surface area contributed by atoms with Gasteiger partial charge in [-0.25, -0.2) is 9.67 Å². The second-order valence-electron chi connectivity index (χ2n) is 7.29. The normalized spacial score (nSPS) is 12.6. The summed E-state index contributed by atoms with van der Waals surface area (Å²) in [4.78, 5) is 19.1. The third kappa shape index (κ3) is 3.55. The van der Waals surface area contributed by atoms with E-state index in [1.165, 1.54) is 17.6 Å². The molecule has 0 radical (unpaired) electrons. The first kappa shape index (κ1) is 18.1. The predicted molar refractivity (Wildman–Crippen MR) is 117 cm³/mol. The van der Waals surface area contributed by atoms with Gasteiger partial charge in [-0.05, 0) is 47.9 Å². The third-order valence-electron chi connectivity index (χ3n) is 5.36. The molecule has 1 amide bonds. The van der Waals surface area contributed by atoms with Gasteiger partial charge in [0.15, 0.2) is 0 Å². The number of aromatic nitrogens is 3. The van der Waals surface area contributed by atoms with E-state index in [1.807, 2.05) is 42.5 Å². The van der Waals surface area contributed by atoms with E-state index in [4.69, 9.17) is 0 Å². The van der Waals surface area contributed by atoms with Crippen molar-refractivity contribution in [2.45, 2.75) is 13.0 Å². The molecule has 1 aromatic heterocycles. The number of benzene rings is 3. The quantitative estimate of drug-likeness (QED) is 0.548. The highest BCUT2D eigenvalue weighted by molar-refractivity contribution is 6.06. The minimum Gasteiger partial charge on any atom is -0.339 e. The number of fused-ring (bicyclic) bond motifs is 1. The van der Waals surface area contributed by atoms with E-state index < -0.39 is 0 Å². The topological polar surface area (TPSA) is 63.1 Å². The largest absolute Gasteiger partial charge is 0.339 e. The fraction of sp³-hybridized carbons (Fsp3) is 0.125. The molecule has 1 aliphatic heterocycles. The number of amides is 1. The lowest BCUT2D eigenvalue weighted by Crippen LogP contribution is -2.18. The molecule has 1 aliphatic rings. The summed E-state index contributed by atoms with van der Waals surface area (Å²) >= 11 is 0. The molecule has 0 unspecified atom stereocenters. The summed E-state index contributed by atoms with van der Waals surface area (Å²) in [6, 6.07) is 24.0. The number of carbonyl (C=O) groups is 1. The maximum Gasteiger partial charge on any atom is 0.255 e. The van der Waals surface area contributed by atoms with Crippen molar-refractivity contribution in [2.24, 2.45) is 0 Å². The molecular formula is C24H21N5O. The summed E-state index contributed by atoms with van der Waals surface area (Å²) in [5.74, 6) is -0.123. The van der Waals surface area contributed by atoms with Crippen LogP contribution in [0.25, 0.3) is 0 Å². The Morgan fingerprint density at radius 3 is 2.50 bits per heavy atom. The molecule has 0 saturated carbocycles. The van der Waals surface area contributed by atoms with Crippen LogP contribution in [0.15, 0.2) is 85.5 Å². The molecule has 0 aliphatic carbocycles. The number of hydrogen-bond donors (Lipinski definition) is 1. The molecule has 0 bridgehead atoms. The van der Waals surface area contributed by atoms with Gasteiger partial charge in [-0.2, -0.15) is 5.10 Å². The molecule has 6 heteroatoms. The van der Waals surface area contributed by atoms with Gasteiger partial charge in [-0.3, -0.25) is 4.79 Å². The molecule has 3 aromatic carbocycles. The fourth-order valence-electron chi connectivity index (χ4n) is 3.86. The van der Waals surface area contributed by atoms with Crippen LogP contribution in [0.1, 0.15) is 21.5 Å². The van der Waals surface area contributed by atoms with E-state index in [-0.39, 0.29) is 5.91 Å². The maximum atomic E-state index is 12.9. The van der Waals surface area contributed by atoms with Gasteiger partial charge in [0, 0.05) is 17.8 Å².